The number of rotatable bonds is 2. The lowest BCUT2D eigenvalue weighted by molar-refractivity contribution is -0.0384. The summed E-state index contributed by atoms with van der Waals surface area (Å²) in [6.07, 6.45) is 2.47. The lowest BCUT2D eigenvalue weighted by atomic mass is 10.3. The lowest BCUT2D eigenvalue weighted by Gasteiger charge is -2.13. The standard InChI is InChI=1S/C12H14N2O/c1-2-6-11-10(5-1)9-12(13-11)15-14-7-3-4-8-14/h1-2,5-6,9,13H,3-4,7-8H2. The Morgan fingerprint density at radius 2 is 1.93 bits per heavy atom. The van der Waals surface area contributed by atoms with Crippen LogP contribution in [0.1, 0.15) is 12.8 Å². The van der Waals surface area contributed by atoms with E-state index < -0.39 is 0 Å². The van der Waals surface area contributed by atoms with E-state index in [4.69, 9.17) is 4.84 Å². The average molecular weight is 202 g/mol. The summed E-state index contributed by atoms with van der Waals surface area (Å²) in [6, 6.07) is 10.3. The largest absolute Gasteiger partial charge is 0.388 e. The van der Waals surface area contributed by atoms with Crippen molar-refractivity contribution in [1.29, 1.82) is 0 Å². The molecule has 1 aromatic carbocycles. The maximum absolute atomic E-state index is 5.74. The van der Waals surface area contributed by atoms with Crippen LogP contribution in [0.15, 0.2) is 30.3 Å². The number of hydroxylamine groups is 2. The molecule has 0 atom stereocenters. The van der Waals surface area contributed by atoms with E-state index in [9.17, 15) is 0 Å². The molecule has 1 saturated heterocycles. The average Bonchev–Trinajstić information content (AvgIpc) is 2.86. The molecule has 1 aromatic heterocycles. The molecule has 15 heavy (non-hydrogen) atoms. The van der Waals surface area contributed by atoms with Gasteiger partial charge < -0.3 is 9.82 Å². The van der Waals surface area contributed by atoms with Crippen LogP contribution in [0.2, 0.25) is 0 Å². The Morgan fingerprint density at radius 3 is 2.73 bits per heavy atom. The van der Waals surface area contributed by atoms with Crippen LogP contribution in [0.3, 0.4) is 0 Å². The smallest absolute Gasteiger partial charge is 0.217 e. The van der Waals surface area contributed by atoms with Crippen molar-refractivity contribution in [2.45, 2.75) is 12.8 Å². The zero-order valence-electron chi connectivity index (χ0n) is 8.57. The molecule has 3 rings (SSSR count). The summed E-state index contributed by atoms with van der Waals surface area (Å²) in [6.45, 7) is 2.07. The number of hydrogen-bond acceptors (Lipinski definition) is 2. The summed E-state index contributed by atoms with van der Waals surface area (Å²) >= 11 is 0. The van der Waals surface area contributed by atoms with E-state index in [0.29, 0.717) is 0 Å². The Balaban J connectivity index is 1.84. The van der Waals surface area contributed by atoms with Gasteiger partial charge in [0.1, 0.15) is 0 Å². The second kappa shape index (κ2) is 3.59. The Morgan fingerprint density at radius 1 is 1.13 bits per heavy atom. The summed E-state index contributed by atoms with van der Waals surface area (Å²) in [4.78, 5) is 9.00. The van der Waals surface area contributed by atoms with Gasteiger partial charge in [0.2, 0.25) is 5.88 Å². The second-order valence-corrected chi connectivity index (χ2v) is 3.95. The first-order chi connectivity index (χ1) is 7.42. The molecule has 3 nitrogen and oxygen atoms in total. The van der Waals surface area contributed by atoms with Crippen LogP contribution in [0.4, 0.5) is 0 Å². The molecule has 0 radical (unpaired) electrons. The van der Waals surface area contributed by atoms with Gasteiger partial charge in [-0.25, -0.2) is 0 Å². The number of fused-ring (bicyclic) bond motifs is 1. The fourth-order valence-corrected chi connectivity index (χ4v) is 2.01. The molecule has 2 heterocycles. The molecule has 0 amide bonds. The molecule has 78 valence electrons. The first kappa shape index (κ1) is 8.80. The van der Waals surface area contributed by atoms with Crippen molar-refractivity contribution >= 4 is 10.9 Å². The van der Waals surface area contributed by atoms with Crippen molar-refractivity contribution in [2.24, 2.45) is 0 Å². The van der Waals surface area contributed by atoms with E-state index in [0.717, 1.165) is 24.5 Å². The first-order valence-electron chi connectivity index (χ1n) is 5.42. The van der Waals surface area contributed by atoms with Gasteiger partial charge in [0.05, 0.1) is 0 Å². The zero-order valence-corrected chi connectivity index (χ0v) is 8.57. The van der Waals surface area contributed by atoms with Crippen molar-refractivity contribution in [3.63, 3.8) is 0 Å². The molecule has 1 N–H and O–H groups in total. The molecular weight excluding hydrogens is 188 g/mol. The number of aromatic nitrogens is 1. The van der Waals surface area contributed by atoms with E-state index in [-0.39, 0.29) is 0 Å². The highest BCUT2D eigenvalue weighted by atomic mass is 16.7. The number of H-pyrrole nitrogens is 1. The highest BCUT2D eigenvalue weighted by Gasteiger charge is 2.13. The topological polar surface area (TPSA) is 28.3 Å². The van der Waals surface area contributed by atoms with Crippen molar-refractivity contribution in [3.05, 3.63) is 30.3 Å². The first-order valence-corrected chi connectivity index (χ1v) is 5.42. The van der Waals surface area contributed by atoms with Gasteiger partial charge in [-0.05, 0) is 18.9 Å². The van der Waals surface area contributed by atoms with Gasteiger partial charge in [0.15, 0.2) is 0 Å². The summed E-state index contributed by atoms with van der Waals surface area (Å²) in [5.74, 6) is 0.845. The van der Waals surface area contributed by atoms with E-state index >= 15 is 0 Å². The number of benzene rings is 1. The molecule has 0 aliphatic carbocycles. The molecule has 2 aromatic rings. The Labute approximate surface area is 88.6 Å². The van der Waals surface area contributed by atoms with Gasteiger partial charge in [-0.15, -0.1) is 5.06 Å². The SMILES string of the molecule is c1ccc2[nH]c(ON3CCCC3)cc2c1. The Kier molecular flexibility index (Phi) is 2.10. The summed E-state index contributed by atoms with van der Waals surface area (Å²) in [5.41, 5.74) is 1.13. The van der Waals surface area contributed by atoms with Crippen molar-refractivity contribution in [3.8, 4) is 5.88 Å². The van der Waals surface area contributed by atoms with Gasteiger partial charge in [0.25, 0.3) is 0 Å². The highest BCUT2D eigenvalue weighted by molar-refractivity contribution is 5.81. The molecule has 0 saturated carbocycles. The number of aromatic amines is 1. The van der Waals surface area contributed by atoms with E-state index in [1.165, 1.54) is 18.2 Å². The molecule has 0 spiro atoms. The maximum Gasteiger partial charge on any atom is 0.217 e. The molecule has 3 heteroatoms. The van der Waals surface area contributed by atoms with Gasteiger partial charge in [-0.1, -0.05) is 18.2 Å². The molecule has 1 fully saturated rings. The molecule has 1 aliphatic rings. The minimum Gasteiger partial charge on any atom is -0.388 e. The predicted octanol–water partition coefficient (Wildman–Crippen LogP) is 2.56. The molecule has 0 bridgehead atoms. The summed E-state index contributed by atoms with van der Waals surface area (Å²) in [5, 5.41) is 3.22. The van der Waals surface area contributed by atoms with Crippen LogP contribution in [0, 0.1) is 0 Å². The lowest BCUT2D eigenvalue weighted by Crippen LogP contribution is -2.23. The van der Waals surface area contributed by atoms with Crippen LogP contribution in [0.5, 0.6) is 5.88 Å². The van der Waals surface area contributed by atoms with Crippen molar-refractivity contribution < 1.29 is 4.84 Å². The fraction of sp³-hybridized carbons (Fsp3) is 0.333. The highest BCUT2D eigenvalue weighted by Crippen LogP contribution is 2.21. The number of nitrogens with zero attached hydrogens (tertiary/aromatic N) is 1. The van der Waals surface area contributed by atoms with Crippen LogP contribution in [-0.4, -0.2) is 23.1 Å². The zero-order chi connectivity index (χ0) is 10.1. The van der Waals surface area contributed by atoms with Crippen molar-refractivity contribution in [2.75, 3.05) is 13.1 Å². The molecule has 1 aliphatic heterocycles. The third-order valence-corrected chi connectivity index (χ3v) is 2.80. The minimum atomic E-state index is 0.845. The van der Waals surface area contributed by atoms with Crippen molar-refractivity contribution in [1.82, 2.24) is 10.0 Å². The minimum absolute atomic E-state index is 0.845. The van der Waals surface area contributed by atoms with E-state index in [2.05, 4.69) is 17.1 Å². The van der Waals surface area contributed by atoms with Crippen LogP contribution in [-0.2, 0) is 0 Å². The maximum atomic E-state index is 5.74. The summed E-state index contributed by atoms with van der Waals surface area (Å²) in [7, 11) is 0. The normalized spacial score (nSPS) is 17.3. The quantitative estimate of drug-likeness (QED) is 0.810. The Hall–Kier alpha value is -1.48. The third kappa shape index (κ3) is 1.70. The monoisotopic (exact) mass is 202 g/mol. The molecule has 0 unspecified atom stereocenters. The van der Waals surface area contributed by atoms with E-state index in [1.807, 2.05) is 23.3 Å². The second-order valence-electron chi connectivity index (χ2n) is 3.95. The molecular formula is C12H14N2O. The van der Waals surface area contributed by atoms with Crippen LogP contribution >= 0.6 is 0 Å². The van der Waals surface area contributed by atoms with Gasteiger partial charge in [-0.2, -0.15) is 0 Å². The fourth-order valence-electron chi connectivity index (χ4n) is 2.01. The summed E-state index contributed by atoms with van der Waals surface area (Å²) < 4.78 is 0. The van der Waals surface area contributed by atoms with Gasteiger partial charge >= 0.3 is 0 Å². The predicted molar refractivity (Wildman–Crippen MR) is 59.7 cm³/mol. The van der Waals surface area contributed by atoms with E-state index in [1.54, 1.807) is 0 Å². The third-order valence-electron chi connectivity index (χ3n) is 2.80. The number of hydrogen-bond donors (Lipinski definition) is 1. The van der Waals surface area contributed by atoms with Gasteiger partial charge in [0, 0.05) is 30.1 Å². The number of para-hydroxylation sites is 1. The Bertz CT molecular complexity index is 424. The number of nitrogens with one attached hydrogen (secondary N) is 1. The van der Waals surface area contributed by atoms with Crippen LogP contribution in [0.25, 0.3) is 10.9 Å². The van der Waals surface area contributed by atoms with Gasteiger partial charge in [-0.3, -0.25) is 0 Å². The van der Waals surface area contributed by atoms with Crippen LogP contribution < -0.4 is 4.84 Å².